The molecule has 0 aliphatic heterocycles. The number of benzene rings is 1. The fourth-order valence-electron chi connectivity index (χ4n) is 2.84. The van der Waals surface area contributed by atoms with E-state index in [1.54, 1.807) is 0 Å². The molecule has 2 unspecified atom stereocenters. The van der Waals surface area contributed by atoms with E-state index >= 15 is 0 Å². The van der Waals surface area contributed by atoms with Gasteiger partial charge in [0.1, 0.15) is 15.6 Å². The first-order valence-corrected chi connectivity index (χ1v) is 8.89. The Balaban J connectivity index is 2.08. The van der Waals surface area contributed by atoms with Crippen LogP contribution in [-0.4, -0.2) is 25.7 Å². The van der Waals surface area contributed by atoms with Crippen molar-refractivity contribution in [3.8, 4) is 0 Å². The van der Waals surface area contributed by atoms with Gasteiger partial charge in [0, 0.05) is 18.6 Å². The van der Waals surface area contributed by atoms with Crippen molar-refractivity contribution in [3.63, 3.8) is 0 Å². The molecule has 0 spiro atoms. The number of halogens is 2. The summed E-state index contributed by atoms with van der Waals surface area (Å²) in [5.41, 5.74) is 0.0291. The van der Waals surface area contributed by atoms with Crippen molar-refractivity contribution in [1.29, 1.82) is 0 Å². The minimum atomic E-state index is -3.17. The zero-order chi connectivity index (χ0) is 15.6. The number of ketones is 1. The minimum Gasteiger partial charge on any atom is -0.299 e. The summed E-state index contributed by atoms with van der Waals surface area (Å²) in [5.74, 6) is -2.58. The third kappa shape index (κ3) is 3.87. The Bertz CT molecular complexity index is 640. The van der Waals surface area contributed by atoms with Crippen molar-refractivity contribution in [2.45, 2.75) is 37.4 Å². The topological polar surface area (TPSA) is 51.2 Å². The average Bonchev–Trinajstić information content (AvgIpc) is 2.43. The van der Waals surface area contributed by atoms with Gasteiger partial charge in [-0.3, -0.25) is 4.79 Å². The highest BCUT2D eigenvalue weighted by atomic mass is 32.2. The van der Waals surface area contributed by atoms with Crippen molar-refractivity contribution in [2.24, 2.45) is 5.92 Å². The lowest BCUT2D eigenvalue weighted by Crippen LogP contribution is -2.31. The van der Waals surface area contributed by atoms with Crippen LogP contribution in [0.2, 0.25) is 0 Å². The van der Waals surface area contributed by atoms with Crippen LogP contribution in [0.25, 0.3) is 0 Å². The zero-order valence-electron chi connectivity index (χ0n) is 11.8. The fraction of sp³-hybridized carbons (Fsp3) is 0.533. The molecule has 116 valence electrons. The first-order chi connectivity index (χ1) is 9.79. The normalized spacial score (nSPS) is 23.0. The van der Waals surface area contributed by atoms with Gasteiger partial charge in [0.05, 0.1) is 5.25 Å². The van der Waals surface area contributed by atoms with Crippen molar-refractivity contribution in [3.05, 3.63) is 35.4 Å². The van der Waals surface area contributed by atoms with E-state index in [-0.39, 0.29) is 30.1 Å². The summed E-state index contributed by atoms with van der Waals surface area (Å²) in [4.78, 5) is 12.2. The summed E-state index contributed by atoms with van der Waals surface area (Å²) in [6.45, 7) is 0. The molecule has 0 aromatic heterocycles. The monoisotopic (exact) mass is 316 g/mol. The molecule has 1 aliphatic rings. The molecule has 21 heavy (non-hydrogen) atoms. The molecular weight excluding hydrogens is 298 g/mol. The van der Waals surface area contributed by atoms with Crippen LogP contribution in [0, 0.1) is 17.6 Å². The Kier molecular flexibility index (Phi) is 4.76. The van der Waals surface area contributed by atoms with Crippen molar-refractivity contribution >= 4 is 15.6 Å². The van der Waals surface area contributed by atoms with E-state index in [2.05, 4.69) is 0 Å². The van der Waals surface area contributed by atoms with Crippen LogP contribution in [-0.2, 0) is 21.1 Å². The first-order valence-electron chi connectivity index (χ1n) is 6.93. The Morgan fingerprint density at radius 1 is 1.29 bits per heavy atom. The number of hydrogen-bond acceptors (Lipinski definition) is 3. The van der Waals surface area contributed by atoms with Gasteiger partial charge in [-0.25, -0.2) is 17.2 Å². The van der Waals surface area contributed by atoms with Crippen molar-refractivity contribution < 1.29 is 22.0 Å². The average molecular weight is 316 g/mol. The maximum absolute atomic E-state index is 13.6. The molecule has 0 heterocycles. The van der Waals surface area contributed by atoms with Crippen LogP contribution >= 0.6 is 0 Å². The third-order valence-corrected chi connectivity index (χ3v) is 5.72. The quantitative estimate of drug-likeness (QED) is 0.858. The Morgan fingerprint density at radius 3 is 2.67 bits per heavy atom. The number of Topliss-reactive ketones (excluding diaryl/α,β-unsaturated/α-hetero) is 1. The van der Waals surface area contributed by atoms with Crippen LogP contribution in [0.15, 0.2) is 18.2 Å². The first kappa shape index (κ1) is 16.1. The van der Waals surface area contributed by atoms with Crippen molar-refractivity contribution in [1.82, 2.24) is 0 Å². The Hall–Kier alpha value is -1.30. The number of hydrogen-bond donors (Lipinski definition) is 0. The van der Waals surface area contributed by atoms with Gasteiger partial charge in [0.25, 0.3) is 0 Å². The summed E-state index contributed by atoms with van der Waals surface area (Å²) < 4.78 is 49.9. The lowest BCUT2D eigenvalue weighted by molar-refractivity contribution is -0.123. The molecule has 2 rings (SSSR count). The highest BCUT2D eigenvalue weighted by molar-refractivity contribution is 7.91. The second-order valence-corrected chi connectivity index (χ2v) is 8.00. The van der Waals surface area contributed by atoms with Crippen LogP contribution in [0.3, 0.4) is 0 Å². The van der Waals surface area contributed by atoms with Crippen LogP contribution in [0.1, 0.15) is 31.2 Å². The molecule has 0 saturated heterocycles. The summed E-state index contributed by atoms with van der Waals surface area (Å²) in [5, 5.41) is -0.502. The van der Waals surface area contributed by atoms with Gasteiger partial charge in [-0.1, -0.05) is 18.6 Å². The van der Waals surface area contributed by atoms with Crippen LogP contribution in [0.4, 0.5) is 8.78 Å². The molecule has 1 saturated carbocycles. The number of rotatable bonds is 4. The number of carbonyl (C=O) groups excluding carboxylic acids is 1. The summed E-state index contributed by atoms with van der Waals surface area (Å²) in [6.07, 6.45) is 3.12. The van der Waals surface area contributed by atoms with E-state index < -0.39 is 26.7 Å². The molecule has 1 aromatic rings. The molecule has 2 atom stereocenters. The second-order valence-electron chi connectivity index (χ2n) is 5.67. The molecule has 1 fully saturated rings. The third-order valence-electron chi connectivity index (χ3n) is 4.08. The number of carbonyl (C=O) groups is 1. The Labute approximate surface area is 123 Å². The molecule has 0 bridgehead atoms. The molecule has 0 radical (unpaired) electrons. The van der Waals surface area contributed by atoms with E-state index in [0.717, 1.165) is 6.07 Å². The molecule has 6 heteroatoms. The molecular formula is C15H18F2O3S. The molecule has 0 amide bonds. The summed E-state index contributed by atoms with van der Waals surface area (Å²) >= 11 is 0. The molecule has 3 nitrogen and oxygen atoms in total. The lowest BCUT2D eigenvalue weighted by atomic mass is 9.84. The predicted octanol–water partition coefficient (Wildman–Crippen LogP) is 2.68. The highest BCUT2D eigenvalue weighted by Crippen LogP contribution is 2.30. The van der Waals surface area contributed by atoms with Gasteiger partial charge < -0.3 is 0 Å². The maximum atomic E-state index is 13.6. The number of sulfone groups is 1. The highest BCUT2D eigenvalue weighted by Gasteiger charge is 2.32. The van der Waals surface area contributed by atoms with E-state index in [1.807, 2.05) is 0 Å². The van der Waals surface area contributed by atoms with Gasteiger partial charge in [-0.05, 0) is 30.9 Å². The standard InChI is InChI=1S/C15H18F2O3S/c1-21(19,20)12-6-2-4-10(8-12)14(18)9-11-5-3-7-13(16)15(11)17/h3,5,7,10,12H,2,4,6,8-9H2,1H3. The maximum Gasteiger partial charge on any atom is 0.162 e. The van der Waals surface area contributed by atoms with Gasteiger partial charge in [-0.15, -0.1) is 0 Å². The minimum absolute atomic E-state index is 0.0291. The van der Waals surface area contributed by atoms with Gasteiger partial charge in [0.2, 0.25) is 0 Å². The van der Waals surface area contributed by atoms with E-state index in [1.165, 1.54) is 18.4 Å². The summed E-state index contributed by atoms with van der Waals surface area (Å²) in [6, 6.07) is 3.75. The van der Waals surface area contributed by atoms with E-state index in [4.69, 9.17) is 0 Å². The fourth-order valence-corrected chi connectivity index (χ4v) is 4.02. The smallest absolute Gasteiger partial charge is 0.162 e. The van der Waals surface area contributed by atoms with Crippen LogP contribution in [0.5, 0.6) is 0 Å². The SMILES string of the molecule is CS(=O)(=O)C1CCCC(C(=O)Cc2cccc(F)c2F)C1. The van der Waals surface area contributed by atoms with Crippen molar-refractivity contribution in [2.75, 3.05) is 6.26 Å². The molecule has 0 N–H and O–H groups in total. The van der Waals surface area contributed by atoms with E-state index in [9.17, 15) is 22.0 Å². The predicted molar refractivity (Wildman–Crippen MR) is 75.7 cm³/mol. The second kappa shape index (κ2) is 6.22. The zero-order valence-corrected chi connectivity index (χ0v) is 12.6. The van der Waals surface area contributed by atoms with Gasteiger partial charge >= 0.3 is 0 Å². The largest absolute Gasteiger partial charge is 0.299 e. The molecule has 1 aliphatic carbocycles. The van der Waals surface area contributed by atoms with Crippen LogP contribution < -0.4 is 0 Å². The molecule has 1 aromatic carbocycles. The summed E-state index contributed by atoms with van der Waals surface area (Å²) in [7, 11) is -3.17. The Morgan fingerprint density at radius 2 is 2.00 bits per heavy atom. The van der Waals surface area contributed by atoms with Gasteiger partial charge in [0.15, 0.2) is 11.6 Å². The lowest BCUT2D eigenvalue weighted by Gasteiger charge is -2.27. The van der Waals surface area contributed by atoms with Gasteiger partial charge in [-0.2, -0.15) is 0 Å². The van der Waals surface area contributed by atoms with E-state index in [0.29, 0.717) is 19.3 Å².